The van der Waals surface area contributed by atoms with Gasteiger partial charge >= 0.3 is 0 Å². The number of nitrogens with zero attached hydrogens (tertiary/aromatic N) is 1. The van der Waals surface area contributed by atoms with Crippen molar-refractivity contribution in [3.8, 4) is 11.1 Å². The van der Waals surface area contributed by atoms with E-state index < -0.39 is 0 Å². The molecule has 3 aromatic rings. The number of aryl methyl sites for hydroxylation is 1. The standard InChI is InChI=1S/C18H17ClN/c1-2-3-11-20-12-10-16-13-15(6-9-18(16)20)14-4-7-17(19)8-5-14/h4-9,12-13H,2-3,11H2,1H3. The van der Waals surface area contributed by atoms with Gasteiger partial charge in [-0.15, -0.1) is 0 Å². The van der Waals surface area contributed by atoms with Gasteiger partial charge in [-0.1, -0.05) is 43.1 Å². The molecule has 1 radical (unpaired) electrons. The van der Waals surface area contributed by atoms with Crippen molar-refractivity contribution in [2.45, 2.75) is 26.3 Å². The minimum absolute atomic E-state index is 0.770. The molecule has 101 valence electrons. The van der Waals surface area contributed by atoms with E-state index in [2.05, 4.69) is 54.1 Å². The molecule has 20 heavy (non-hydrogen) atoms. The molecule has 0 N–H and O–H groups in total. The molecule has 0 saturated heterocycles. The third-order valence-electron chi connectivity index (χ3n) is 3.61. The topological polar surface area (TPSA) is 4.93 Å². The Labute approximate surface area is 124 Å². The Kier molecular flexibility index (Phi) is 3.79. The van der Waals surface area contributed by atoms with Gasteiger partial charge in [-0.25, -0.2) is 0 Å². The van der Waals surface area contributed by atoms with Crippen LogP contribution >= 0.6 is 11.6 Å². The van der Waals surface area contributed by atoms with E-state index in [1.165, 1.54) is 34.9 Å². The fourth-order valence-electron chi connectivity index (χ4n) is 2.45. The summed E-state index contributed by atoms with van der Waals surface area (Å²) in [6, 6.07) is 17.9. The molecule has 0 amide bonds. The molecule has 1 heterocycles. The van der Waals surface area contributed by atoms with Crippen LogP contribution in [-0.2, 0) is 6.54 Å². The summed E-state index contributed by atoms with van der Waals surface area (Å²) in [5, 5.41) is 1.95. The number of halogens is 1. The van der Waals surface area contributed by atoms with Crippen LogP contribution in [-0.4, -0.2) is 4.57 Å². The lowest BCUT2D eigenvalue weighted by molar-refractivity contribution is 0.650. The Morgan fingerprint density at radius 1 is 1.05 bits per heavy atom. The molecule has 2 heteroatoms. The molecule has 0 bridgehead atoms. The van der Waals surface area contributed by atoms with Crippen LogP contribution in [0.5, 0.6) is 0 Å². The highest BCUT2D eigenvalue weighted by atomic mass is 35.5. The van der Waals surface area contributed by atoms with E-state index in [1.54, 1.807) is 0 Å². The quantitative estimate of drug-likeness (QED) is 0.590. The highest BCUT2D eigenvalue weighted by molar-refractivity contribution is 6.30. The molecule has 1 nitrogen and oxygen atoms in total. The number of unbranched alkanes of at least 4 members (excludes halogenated alkanes) is 1. The van der Waals surface area contributed by atoms with Crippen molar-refractivity contribution >= 4 is 22.5 Å². The van der Waals surface area contributed by atoms with Gasteiger partial charge in [0, 0.05) is 34.7 Å². The predicted octanol–water partition coefficient (Wildman–Crippen LogP) is 5.56. The molecule has 0 fully saturated rings. The number of aromatic nitrogens is 1. The lowest BCUT2D eigenvalue weighted by Crippen LogP contribution is -1.94. The maximum absolute atomic E-state index is 5.94. The first kappa shape index (κ1) is 13.3. The fraction of sp³-hybridized carbons (Fsp3) is 0.222. The van der Waals surface area contributed by atoms with Crippen molar-refractivity contribution in [1.82, 2.24) is 4.57 Å². The summed E-state index contributed by atoms with van der Waals surface area (Å²) >= 11 is 5.94. The fourth-order valence-corrected chi connectivity index (χ4v) is 2.58. The number of rotatable bonds is 4. The lowest BCUT2D eigenvalue weighted by atomic mass is 10.0. The summed E-state index contributed by atoms with van der Waals surface area (Å²) in [5.74, 6) is 0. The zero-order chi connectivity index (χ0) is 13.9. The maximum Gasteiger partial charge on any atom is 0.0487 e. The highest BCUT2D eigenvalue weighted by Crippen LogP contribution is 2.26. The summed E-state index contributed by atoms with van der Waals surface area (Å²) < 4.78 is 2.28. The van der Waals surface area contributed by atoms with Gasteiger partial charge in [0.2, 0.25) is 0 Å². The molecule has 0 spiro atoms. The minimum atomic E-state index is 0.770. The molecule has 2 aromatic carbocycles. The van der Waals surface area contributed by atoms with E-state index >= 15 is 0 Å². The third kappa shape index (κ3) is 2.59. The number of fused-ring (bicyclic) bond motifs is 1. The van der Waals surface area contributed by atoms with Crippen LogP contribution in [0.4, 0.5) is 0 Å². The maximum atomic E-state index is 5.94. The molecule has 0 aliphatic rings. The molecule has 0 unspecified atom stereocenters. The van der Waals surface area contributed by atoms with E-state index in [1.807, 2.05) is 12.1 Å². The first-order valence-electron chi connectivity index (χ1n) is 7.04. The summed E-state index contributed by atoms with van der Waals surface area (Å²) in [7, 11) is 0. The van der Waals surface area contributed by atoms with Crippen molar-refractivity contribution < 1.29 is 0 Å². The Hall–Kier alpha value is -1.73. The number of hydrogen-bond donors (Lipinski definition) is 0. The van der Waals surface area contributed by atoms with Crippen molar-refractivity contribution in [2.24, 2.45) is 0 Å². The van der Waals surface area contributed by atoms with Gasteiger partial charge in [-0.3, -0.25) is 0 Å². The normalized spacial score (nSPS) is 11.1. The van der Waals surface area contributed by atoms with Crippen LogP contribution in [0.25, 0.3) is 22.0 Å². The van der Waals surface area contributed by atoms with E-state index in [-0.39, 0.29) is 0 Å². The Bertz CT molecular complexity index is 710. The van der Waals surface area contributed by atoms with Crippen LogP contribution < -0.4 is 0 Å². The highest BCUT2D eigenvalue weighted by Gasteiger charge is 2.04. The van der Waals surface area contributed by atoms with Gasteiger partial charge in [0.15, 0.2) is 0 Å². The minimum Gasteiger partial charge on any atom is -0.347 e. The molecule has 3 rings (SSSR count). The molecular formula is C18H17ClN. The van der Waals surface area contributed by atoms with Gasteiger partial charge < -0.3 is 4.57 Å². The average molecular weight is 283 g/mol. The van der Waals surface area contributed by atoms with E-state index in [0.29, 0.717) is 0 Å². The van der Waals surface area contributed by atoms with Crippen molar-refractivity contribution in [3.63, 3.8) is 0 Å². The lowest BCUT2D eigenvalue weighted by Gasteiger charge is -2.06. The first-order chi connectivity index (χ1) is 9.78. The van der Waals surface area contributed by atoms with Gasteiger partial charge in [0.25, 0.3) is 0 Å². The zero-order valence-electron chi connectivity index (χ0n) is 11.6. The van der Waals surface area contributed by atoms with Crippen molar-refractivity contribution in [2.75, 3.05) is 0 Å². The van der Waals surface area contributed by atoms with E-state index in [0.717, 1.165) is 11.6 Å². The largest absolute Gasteiger partial charge is 0.347 e. The molecule has 0 aliphatic carbocycles. The van der Waals surface area contributed by atoms with Gasteiger partial charge in [0.05, 0.1) is 0 Å². The monoisotopic (exact) mass is 282 g/mol. The summed E-state index contributed by atoms with van der Waals surface area (Å²) in [6.07, 6.45) is 4.48. The van der Waals surface area contributed by atoms with Crippen LogP contribution in [0.2, 0.25) is 5.02 Å². The second kappa shape index (κ2) is 5.72. The van der Waals surface area contributed by atoms with E-state index in [9.17, 15) is 0 Å². The Balaban J connectivity index is 1.97. The summed E-state index contributed by atoms with van der Waals surface area (Å²) in [4.78, 5) is 0. The SMILES string of the molecule is CCCCn1c[c]c2cc(-c3ccc(Cl)cc3)ccc21. The predicted molar refractivity (Wildman–Crippen MR) is 86.1 cm³/mol. The third-order valence-corrected chi connectivity index (χ3v) is 3.86. The molecule has 0 aliphatic heterocycles. The van der Waals surface area contributed by atoms with Crippen molar-refractivity contribution in [1.29, 1.82) is 0 Å². The second-order valence-corrected chi connectivity index (χ2v) is 5.50. The second-order valence-electron chi connectivity index (χ2n) is 5.06. The van der Waals surface area contributed by atoms with Crippen LogP contribution in [0.1, 0.15) is 19.8 Å². The molecular weight excluding hydrogens is 266 g/mol. The van der Waals surface area contributed by atoms with Crippen molar-refractivity contribution in [3.05, 3.63) is 59.8 Å². The smallest absolute Gasteiger partial charge is 0.0487 e. The molecule has 0 saturated carbocycles. The van der Waals surface area contributed by atoms with Crippen LogP contribution in [0, 0.1) is 6.07 Å². The van der Waals surface area contributed by atoms with E-state index in [4.69, 9.17) is 11.6 Å². The molecule has 1 aromatic heterocycles. The number of hydrogen-bond acceptors (Lipinski definition) is 0. The molecule has 0 atom stereocenters. The van der Waals surface area contributed by atoms with Crippen LogP contribution in [0.15, 0.2) is 48.7 Å². The average Bonchev–Trinajstić information content (AvgIpc) is 2.88. The number of benzene rings is 2. The Morgan fingerprint density at radius 2 is 1.80 bits per heavy atom. The zero-order valence-corrected chi connectivity index (χ0v) is 12.3. The van der Waals surface area contributed by atoms with Gasteiger partial charge in [-0.2, -0.15) is 0 Å². The van der Waals surface area contributed by atoms with Gasteiger partial charge in [-0.05, 0) is 41.8 Å². The van der Waals surface area contributed by atoms with Crippen LogP contribution in [0.3, 0.4) is 0 Å². The summed E-state index contributed by atoms with van der Waals surface area (Å²) in [5.41, 5.74) is 3.65. The van der Waals surface area contributed by atoms with Gasteiger partial charge in [0.1, 0.15) is 0 Å². The Morgan fingerprint density at radius 3 is 2.55 bits per heavy atom. The summed E-state index contributed by atoms with van der Waals surface area (Å²) in [6.45, 7) is 3.28. The first-order valence-corrected chi connectivity index (χ1v) is 7.42.